The van der Waals surface area contributed by atoms with Crippen molar-refractivity contribution in [2.75, 3.05) is 5.32 Å². The van der Waals surface area contributed by atoms with Gasteiger partial charge >= 0.3 is 0 Å². The summed E-state index contributed by atoms with van der Waals surface area (Å²) in [5.74, 6) is 0.0513. The van der Waals surface area contributed by atoms with Crippen LogP contribution in [0.25, 0.3) is 11.3 Å². The second-order valence-electron chi connectivity index (χ2n) is 5.67. The van der Waals surface area contributed by atoms with Gasteiger partial charge in [-0.15, -0.1) is 11.3 Å². The van der Waals surface area contributed by atoms with Crippen LogP contribution in [-0.4, -0.2) is 21.1 Å². The Morgan fingerprint density at radius 3 is 2.78 bits per heavy atom. The highest BCUT2D eigenvalue weighted by atomic mass is 32.1. The average molecular weight is 326 g/mol. The summed E-state index contributed by atoms with van der Waals surface area (Å²) in [4.78, 5) is 16.7. The van der Waals surface area contributed by atoms with Gasteiger partial charge in [0.15, 0.2) is 10.8 Å². The molecule has 0 aliphatic heterocycles. The maximum absolute atomic E-state index is 12.2. The number of hydrogen-bond donors (Lipinski definition) is 2. The fourth-order valence-electron chi connectivity index (χ4n) is 2.23. The molecule has 0 saturated carbocycles. The average Bonchev–Trinajstić information content (AvgIpc) is 3.16. The van der Waals surface area contributed by atoms with Crippen molar-refractivity contribution in [3.63, 3.8) is 0 Å². The van der Waals surface area contributed by atoms with E-state index in [-0.39, 0.29) is 5.91 Å². The monoisotopic (exact) mass is 326 g/mol. The van der Waals surface area contributed by atoms with Crippen LogP contribution in [0.3, 0.4) is 0 Å². The molecule has 0 atom stereocenters. The van der Waals surface area contributed by atoms with E-state index in [1.807, 2.05) is 50.4 Å². The van der Waals surface area contributed by atoms with E-state index in [4.69, 9.17) is 0 Å². The van der Waals surface area contributed by atoms with Gasteiger partial charge < -0.3 is 0 Å². The van der Waals surface area contributed by atoms with Gasteiger partial charge in [0, 0.05) is 16.6 Å². The molecule has 23 heavy (non-hydrogen) atoms. The summed E-state index contributed by atoms with van der Waals surface area (Å²) in [5, 5.41) is 12.3. The zero-order valence-corrected chi connectivity index (χ0v) is 14.1. The minimum atomic E-state index is -0.251. The van der Waals surface area contributed by atoms with Gasteiger partial charge in [-0.2, -0.15) is 5.10 Å². The van der Waals surface area contributed by atoms with Crippen molar-refractivity contribution >= 4 is 22.4 Å². The number of aromatic nitrogens is 3. The summed E-state index contributed by atoms with van der Waals surface area (Å²) in [6.45, 7) is 6.14. The number of aromatic amines is 1. The van der Waals surface area contributed by atoms with Crippen molar-refractivity contribution in [3.8, 4) is 11.3 Å². The third-order valence-electron chi connectivity index (χ3n) is 3.60. The lowest BCUT2D eigenvalue weighted by Gasteiger charge is -2.01. The Kier molecular flexibility index (Phi) is 4.25. The van der Waals surface area contributed by atoms with Gasteiger partial charge in [0.25, 0.3) is 5.91 Å². The minimum Gasteiger partial charge on any atom is -0.296 e. The van der Waals surface area contributed by atoms with E-state index in [2.05, 4.69) is 20.5 Å². The molecule has 0 radical (unpaired) electrons. The molecule has 0 aliphatic carbocycles. The van der Waals surface area contributed by atoms with E-state index >= 15 is 0 Å². The van der Waals surface area contributed by atoms with Crippen molar-refractivity contribution in [3.05, 3.63) is 52.7 Å². The van der Waals surface area contributed by atoms with Crippen LogP contribution in [0.2, 0.25) is 0 Å². The molecule has 5 nitrogen and oxygen atoms in total. The molecule has 118 valence electrons. The molecule has 3 aromatic rings. The summed E-state index contributed by atoms with van der Waals surface area (Å²) >= 11 is 1.41. The van der Waals surface area contributed by atoms with E-state index in [0.717, 1.165) is 22.5 Å². The number of carbonyl (C=O) groups excluding carboxylic acids is 1. The predicted molar refractivity (Wildman–Crippen MR) is 92.9 cm³/mol. The second kappa shape index (κ2) is 6.34. The third kappa shape index (κ3) is 3.32. The molecular weight excluding hydrogens is 308 g/mol. The van der Waals surface area contributed by atoms with E-state index in [1.54, 1.807) is 6.07 Å². The van der Waals surface area contributed by atoms with Crippen LogP contribution < -0.4 is 5.32 Å². The molecule has 6 heteroatoms. The Morgan fingerprint density at radius 1 is 1.30 bits per heavy atom. The number of amides is 1. The molecule has 0 unspecified atom stereocenters. The van der Waals surface area contributed by atoms with Crippen LogP contribution in [0.5, 0.6) is 0 Å². The summed E-state index contributed by atoms with van der Waals surface area (Å²) in [6, 6.07) is 9.83. The number of hydrogen-bond acceptors (Lipinski definition) is 4. The Hall–Kier alpha value is -2.47. The summed E-state index contributed by atoms with van der Waals surface area (Å²) in [5.41, 5.74) is 4.42. The predicted octanol–water partition coefficient (Wildman–Crippen LogP) is 4.22. The standard InChI is InChI=1S/C17H18N4OS/c1-10(2)13-8-14(21-20-13)16(22)19-17-18-15(9-23-17)12-7-5-4-6-11(12)3/h4-10H,1-3H3,(H,20,21)(H,18,19,22). The Bertz CT molecular complexity index is 834. The molecule has 2 aromatic heterocycles. The van der Waals surface area contributed by atoms with Gasteiger partial charge in [-0.25, -0.2) is 4.98 Å². The number of anilines is 1. The molecular formula is C17H18N4OS. The topological polar surface area (TPSA) is 70.7 Å². The zero-order valence-electron chi connectivity index (χ0n) is 13.3. The third-order valence-corrected chi connectivity index (χ3v) is 4.36. The molecule has 1 aromatic carbocycles. The van der Waals surface area contributed by atoms with Crippen molar-refractivity contribution < 1.29 is 4.79 Å². The lowest BCUT2D eigenvalue weighted by Crippen LogP contribution is -2.12. The second-order valence-corrected chi connectivity index (χ2v) is 6.53. The van der Waals surface area contributed by atoms with Crippen molar-refractivity contribution in [2.24, 2.45) is 0 Å². The van der Waals surface area contributed by atoms with Gasteiger partial charge in [0.2, 0.25) is 0 Å². The Morgan fingerprint density at radius 2 is 2.09 bits per heavy atom. The molecule has 2 heterocycles. The first-order valence-corrected chi connectivity index (χ1v) is 8.30. The summed E-state index contributed by atoms with van der Waals surface area (Å²) in [6.07, 6.45) is 0. The number of aryl methyl sites for hydroxylation is 1. The number of rotatable bonds is 4. The summed E-state index contributed by atoms with van der Waals surface area (Å²) in [7, 11) is 0. The van der Waals surface area contributed by atoms with Crippen molar-refractivity contribution in [2.45, 2.75) is 26.7 Å². The van der Waals surface area contributed by atoms with Crippen LogP contribution in [0.1, 0.15) is 41.5 Å². The maximum Gasteiger partial charge on any atom is 0.277 e. The van der Waals surface area contributed by atoms with Gasteiger partial charge in [-0.3, -0.25) is 15.2 Å². The number of nitrogens with one attached hydrogen (secondary N) is 2. The molecule has 2 N–H and O–H groups in total. The maximum atomic E-state index is 12.2. The molecule has 1 amide bonds. The fraction of sp³-hybridized carbons (Fsp3) is 0.235. The molecule has 0 saturated heterocycles. The summed E-state index contributed by atoms with van der Waals surface area (Å²) < 4.78 is 0. The van der Waals surface area contributed by atoms with Crippen LogP contribution >= 0.6 is 11.3 Å². The van der Waals surface area contributed by atoms with E-state index in [9.17, 15) is 4.79 Å². The minimum absolute atomic E-state index is 0.251. The first kappa shape index (κ1) is 15.4. The van der Waals surface area contributed by atoms with Crippen LogP contribution in [0.4, 0.5) is 5.13 Å². The molecule has 3 rings (SSSR count). The van der Waals surface area contributed by atoms with Crippen LogP contribution in [0, 0.1) is 6.92 Å². The van der Waals surface area contributed by atoms with Gasteiger partial charge in [-0.1, -0.05) is 38.1 Å². The lowest BCUT2D eigenvalue weighted by molar-refractivity contribution is 0.102. The van der Waals surface area contributed by atoms with E-state index in [1.165, 1.54) is 11.3 Å². The van der Waals surface area contributed by atoms with E-state index in [0.29, 0.717) is 16.7 Å². The van der Waals surface area contributed by atoms with Crippen LogP contribution in [-0.2, 0) is 0 Å². The first-order chi connectivity index (χ1) is 11.0. The SMILES string of the molecule is Cc1ccccc1-c1csc(NC(=O)c2cc(C(C)C)[nH]n2)n1. The Balaban J connectivity index is 1.76. The number of thiazole rings is 1. The molecule has 0 spiro atoms. The lowest BCUT2D eigenvalue weighted by atomic mass is 10.1. The molecule has 0 aliphatic rings. The molecule has 0 bridgehead atoms. The highest BCUT2D eigenvalue weighted by molar-refractivity contribution is 7.14. The van der Waals surface area contributed by atoms with Crippen molar-refractivity contribution in [1.82, 2.24) is 15.2 Å². The zero-order chi connectivity index (χ0) is 16.4. The number of benzene rings is 1. The van der Waals surface area contributed by atoms with E-state index < -0.39 is 0 Å². The van der Waals surface area contributed by atoms with Gasteiger partial charge in [0.1, 0.15) is 0 Å². The number of H-pyrrole nitrogens is 1. The smallest absolute Gasteiger partial charge is 0.277 e. The largest absolute Gasteiger partial charge is 0.296 e. The van der Waals surface area contributed by atoms with Crippen molar-refractivity contribution in [1.29, 1.82) is 0 Å². The Labute approximate surface area is 138 Å². The quantitative estimate of drug-likeness (QED) is 0.754. The first-order valence-electron chi connectivity index (χ1n) is 7.43. The van der Waals surface area contributed by atoms with Gasteiger partial charge in [0.05, 0.1) is 5.69 Å². The molecule has 0 fully saturated rings. The normalized spacial score (nSPS) is 11.0. The number of nitrogens with zero attached hydrogens (tertiary/aromatic N) is 2. The van der Waals surface area contributed by atoms with Crippen LogP contribution in [0.15, 0.2) is 35.7 Å². The van der Waals surface area contributed by atoms with Gasteiger partial charge in [-0.05, 0) is 24.5 Å². The fourth-order valence-corrected chi connectivity index (χ4v) is 2.93. The number of carbonyl (C=O) groups is 1. The highest BCUT2D eigenvalue weighted by Gasteiger charge is 2.14. The highest BCUT2D eigenvalue weighted by Crippen LogP contribution is 2.27.